The van der Waals surface area contributed by atoms with Gasteiger partial charge in [-0.15, -0.1) is 0 Å². The Morgan fingerprint density at radius 2 is 1.77 bits per heavy atom. The fourth-order valence-electron chi connectivity index (χ4n) is 4.55. The van der Waals surface area contributed by atoms with E-state index in [9.17, 15) is 13.2 Å². The van der Waals surface area contributed by atoms with Gasteiger partial charge in [-0.1, -0.05) is 42.5 Å². The average molecular weight is 495 g/mol. The van der Waals surface area contributed by atoms with E-state index < -0.39 is 9.84 Å². The van der Waals surface area contributed by atoms with Gasteiger partial charge in [0.05, 0.1) is 36.0 Å². The number of carbonyl (C=O) groups is 1. The van der Waals surface area contributed by atoms with Crippen molar-refractivity contribution in [3.63, 3.8) is 0 Å². The van der Waals surface area contributed by atoms with Crippen LogP contribution >= 0.6 is 0 Å². The molecular weight excluding hydrogens is 464 g/mol. The molecule has 0 aliphatic carbocycles. The van der Waals surface area contributed by atoms with E-state index in [1.54, 1.807) is 35.4 Å². The van der Waals surface area contributed by atoms with Crippen LogP contribution in [0, 0.1) is 5.92 Å². The van der Waals surface area contributed by atoms with E-state index in [0.29, 0.717) is 12.3 Å². The summed E-state index contributed by atoms with van der Waals surface area (Å²) in [6, 6.07) is 20.4. The van der Waals surface area contributed by atoms with Gasteiger partial charge in [0.1, 0.15) is 5.75 Å². The van der Waals surface area contributed by atoms with Crippen LogP contribution in [0.1, 0.15) is 31.4 Å². The monoisotopic (exact) mass is 494 g/mol. The van der Waals surface area contributed by atoms with E-state index in [1.165, 1.54) is 13.4 Å². The van der Waals surface area contributed by atoms with Gasteiger partial charge in [-0.25, -0.2) is 13.2 Å². The number of hydrogen-bond donors (Lipinski definition) is 0. The Hall–Kier alpha value is -3.39. The number of likely N-dealkylation sites (tertiary alicyclic amines) is 1. The van der Waals surface area contributed by atoms with E-state index in [1.807, 2.05) is 42.5 Å². The summed E-state index contributed by atoms with van der Waals surface area (Å²) in [5.74, 6) is 0.921. The highest BCUT2D eigenvalue weighted by atomic mass is 32.2. The molecule has 1 aliphatic rings. The second-order valence-corrected chi connectivity index (χ2v) is 10.9. The minimum absolute atomic E-state index is 0.0659. The molecule has 0 saturated carbocycles. The van der Waals surface area contributed by atoms with Crippen molar-refractivity contribution in [1.29, 1.82) is 0 Å². The van der Waals surface area contributed by atoms with Gasteiger partial charge in [0.2, 0.25) is 0 Å². The van der Waals surface area contributed by atoms with Gasteiger partial charge >= 0.3 is 6.09 Å². The quantitative estimate of drug-likeness (QED) is 0.472. The van der Waals surface area contributed by atoms with Crippen LogP contribution in [-0.4, -0.2) is 50.4 Å². The number of methoxy groups -OCH3 is 1. The molecule has 1 fully saturated rings. The van der Waals surface area contributed by atoms with Crippen molar-refractivity contribution in [3.05, 3.63) is 78.5 Å². The van der Waals surface area contributed by atoms with Gasteiger partial charge in [0.15, 0.2) is 9.84 Å². The molecule has 1 aromatic heterocycles. The molecular formula is C27H30N2O5S. The summed E-state index contributed by atoms with van der Waals surface area (Å²) >= 11 is 0. The van der Waals surface area contributed by atoms with Crippen molar-refractivity contribution >= 4 is 15.9 Å². The van der Waals surface area contributed by atoms with Crippen LogP contribution in [0.3, 0.4) is 0 Å². The molecule has 7 nitrogen and oxygen atoms in total. The third-order valence-corrected chi connectivity index (χ3v) is 7.67. The lowest BCUT2D eigenvalue weighted by Gasteiger charge is -2.40. The molecule has 2 heterocycles. The smallest absolute Gasteiger partial charge is 0.409 e. The maximum absolute atomic E-state index is 12.4. The number of nitrogens with zero attached hydrogens (tertiary/aromatic N) is 2. The number of sulfone groups is 1. The first-order valence-electron chi connectivity index (χ1n) is 11.6. The summed E-state index contributed by atoms with van der Waals surface area (Å²) in [4.78, 5) is 18.9. The predicted molar refractivity (Wildman–Crippen MR) is 134 cm³/mol. The second kappa shape index (κ2) is 10.5. The van der Waals surface area contributed by atoms with E-state index in [-0.39, 0.29) is 29.1 Å². The molecule has 0 radical (unpaired) electrons. The summed E-state index contributed by atoms with van der Waals surface area (Å²) < 4.78 is 34.6. The van der Waals surface area contributed by atoms with E-state index in [4.69, 9.17) is 9.47 Å². The lowest BCUT2D eigenvalue weighted by Crippen LogP contribution is -2.44. The van der Waals surface area contributed by atoms with Crippen molar-refractivity contribution < 1.29 is 22.7 Å². The van der Waals surface area contributed by atoms with Crippen molar-refractivity contribution in [2.24, 2.45) is 5.92 Å². The summed E-state index contributed by atoms with van der Waals surface area (Å²) in [6.45, 7) is 2.66. The molecule has 2 aromatic carbocycles. The first-order chi connectivity index (χ1) is 16.8. The highest BCUT2D eigenvalue weighted by molar-refractivity contribution is 7.90. The maximum atomic E-state index is 12.4. The van der Waals surface area contributed by atoms with Crippen LogP contribution in [-0.2, 0) is 14.6 Å². The first kappa shape index (κ1) is 24.7. The zero-order chi connectivity index (χ0) is 25.0. The SMILES string of the molecule is COC(=O)N1CCC(C(C)Oc2ccc(-c3ccc(S(C)(=O)=O)cc3)nc2)CC1c1ccccc1. The number of rotatable bonds is 6. The number of piperidine rings is 1. The minimum atomic E-state index is -3.23. The second-order valence-electron chi connectivity index (χ2n) is 8.87. The Balaban J connectivity index is 1.44. The number of carbonyl (C=O) groups excluding carboxylic acids is 1. The highest BCUT2D eigenvalue weighted by Crippen LogP contribution is 2.37. The van der Waals surface area contributed by atoms with Gasteiger partial charge < -0.3 is 14.4 Å². The zero-order valence-electron chi connectivity index (χ0n) is 20.1. The average Bonchev–Trinajstić information content (AvgIpc) is 2.88. The minimum Gasteiger partial charge on any atom is -0.489 e. The fourth-order valence-corrected chi connectivity index (χ4v) is 5.18. The van der Waals surface area contributed by atoms with Gasteiger partial charge in [-0.2, -0.15) is 0 Å². The van der Waals surface area contributed by atoms with Crippen molar-refractivity contribution in [2.45, 2.75) is 36.8 Å². The topological polar surface area (TPSA) is 85.8 Å². The standard InChI is InChI=1S/C27H30N2O5S/c1-19(22-15-16-29(27(30)33-2)26(17-22)21-7-5-4-6-8-21)34-23-11-14-25(28-18-23)20-9-12-24(13-10-20)35(3,31)32/h4-14,18-19,22,26H,15-17H2,1-3H3. The van der Waals surface area contributed by atoms with Crippen LogP contribution in [0.5, 0.6) is 5.75 Å². The zero-order valence-corrected chi connectivity index (χ0v) is 20.9. The van der Waals surface area contributed by atoms with E-state index in [2.05, 4.69) is 11.9 Å². The lowest BCUT2D eigenvalue weighted by molar-refractivity contribution is 0.0428. The molecule has 35 heavy (non-hydrogen) atoms. The molecule has 1 saturated heterocycles. The number of aromatic nitrogens is 1. The summed E-state index contributed by atoms with van der Waals surface area (Å²) in [6.07, 6.45) is 4.10. The van der Waals surface area contributed by atoms with Gasteiger partial charge in [0.25, 0.3) is 0 Å². The molecule has 0 bridgehead atoms. The van der Waals surface area contributed by atoms with Crippen molar-refractivity contribution in [3.8, 4) is 17.0 Å². The first-order valence-corrected chi connectivity index (χ1v) is 13.5. The van der Waals surface area contributed by atoms with Gasteiger partial charge in [-0.05, 0) is 55.5 Å². The normalized spacial score (nSPS) is 19.1. The molecule has 3 aromatic rings. The predicted octanol–water partition coefficient (Wildman–Crippen LogP) is 5.14. The third kappa shape index (κ3) is 5.82. The Morgan fingerprint density at radius 1 is 1.06 bits per heavy atom. The largest absolute Gasteiger partial charge is 0.489 e. The maximum Gasteiger partial charge on any atom is 0.409 e. The highest BCUT2D eigenvalue weighted by Gasteiger charge is 2.36. The van der Waals surface area contributed by atoms with Gasteiger partial charge in [-0.3, -0.25) is 4.98 Å². The number of hydrogen-bond acceptors (Lipinski definition) is 6. The Bertz CT molecular complexity index is 1240. The lowest BCUT2D eigenvalue weighted by atomic mass is 9.84. The van der Waals surface area contributed by atoms with Crippen LogP contribution in [0.15, 0.2) is 77.8 Å². The van der Waals surface area contributed by atoms with Crippen LogP contribution in [0.2, 0.25) is 0 Å². The number of pyridine rings is 1. The van der Waals surface area contributed by atoms with Crippen molar-refractivity contribution in [1.82, 2.24) is 9.88 Å². The molecule has 0 spiro atoms. The summed E-state index contributed by atoms with van der Waals surface area (Å²) in [5.41, 5.74) is 2.65. The van der Waals surface area contributed by atoms with Crippen molar-refractivity contribution in [2.75, 3.05) is 19.9 Å². The molecule has 3 atom stereocenters. The van der Waals surface area contributed by atoms with E-state index >= 15 is 0 Å². The molecule has 3 unspecified atom stereocenters. The molecule has 8 heteroatoms. The fraction of sp³-hybridized carbons (Fsp3) is 0.333. The molecule has 184 valence electrons. The molecule has 1 amide bonds. The summed E-state index contributed by atoms with van der Waals surface area (Å²) in [7, 11) is -1.82. The molecule has 1 aliphatic heterocycles. The number of amides is 1. The third-order valence-electron chi connectivity index (χ3n) is 6.54. The Labute approximate surface area is 206 Å². The Kier molecular flexibility index (Phi) is 7.40. The summed E-state index contributed by atoms with van der Waals surface area (Å²) in [5, 5.41) is 0. The molecule has 4 rings (SSSR count). The van der Waals surface area contributed by atoms with E-state index in [0.717, 1.165) is 29.7 Å². The number of benzene rings is 2. The Morgan fingerprint density at radius 3 is 2.37 bits per heavy atom. The van der Waals surface area contributed by atoms with Crippen LogP contribution in [0.4, 0.5) is 4.79 Å². The van der Waals surface area contributed by atoms with Crippen LogP contribution in [0.25, 0.3) is 11.3 Å². The van der Waals surface area contributed by atoms with Crippen LogP contribution < -0.4 is 4.74 Å². The molecule has 0 N–H and O–H groups in total. The number of ether oxygens (including phenoxy) is 2. The van der Waals surface area contributed by atoms with Gasteiger partial charge in [0, 0.05) is 18.4 Å².